The molecule has 2 aromatic heterocycles. The first-order valence-corrected chi connectivity index (χ1v) is 5.32. The number of aromatic amines is 1. The molecule has 0 saturated carbocycles. The first kappa shape index (κ1) is 9.36. The third-order valence-electron chi connectivity index (χ3n) is 1.83. The molecule has 2 N–H and O–H groups in total. The van der Waals surface area contributed by atoms with Gasteiger partial charge in [-0.2, -0.15) is 0 Å². The highest BCUT2D eigenvalue weighted by atomic mass is 32.1. The van der Waals surface area contributed by atoms with Crippen LogP contribution in [0.25, 0.3) is 0 Å². The number of imidazole rings is 1. The lowest BCUT2D eigenvalue weighted by molar-refractivity contribution is 0.678. The van der Waals surface area contributed by atoms with E-state index in [4.69, 9.17) is 0 Å². The Labute approximate surface area is 86.4 Å². The molecule has 0 unspecified atom stereocenters. The lowest BCUT2D eigenvalue weighted by Gasteiger charge is -1.98. The normalized spacial score (nSPS) is 10.6. The average molecular weight is 208 g/mol. The number of rotatable bonds is 4. The van der Waals surface area contributed by atoms with E-state index in [0.29, 0.717) is 0 Å². The quantitative estimate of drug-likeness (QED) is 0.800. The summed E-state index contributed by atoms with van der Waals surface area (Å²) in [6.07, 6.45) is 3.67. The number of nitrogens with zero attached hydrogens (tertiary/aromatic N) is 2. The lowest BCUT2D eigenvalue weighted by Crippen LogP contribution is -2.12. The second kappa shape index (κ2) is 4.34. The van der Waals surface area contributed by atoms with Crippen LogP contribution in [0.3, 0.4) is 0 Å². The molecule has 0 bridgehead atoms. The molecule has 5 heteroatoms. The Morgan fingerprint density at radius 1 is 1.43 bits per heavy atom. The zero-order valence-corrected chi connectivity index (χ0v) is 8.77. The van der Waals surface area contributed by atoms with E-state index in [1.165, 1.54) is 0 Å². The fraction of sp³-hybridized carbons (Fsp3) is 0.333. The van der Waals surface area contributed by atoms with Crippen LogP contribution in [-0.4, -0.2) is 15.0 Å². The van der Waals surface area contributed by atoms with E-state index >= 15 is 0 Å². The van der Waals surface area contributed by atoms with E-state index in [-0.39, 0.29) is 0 Å². The van der Waals surface area contributed by atoms with Gasteiger partial charge in [0.1, 0.15) is 10.8 Å². The van der Waals surface area contributed by atoms with Crippen LogP contribution >= 0.6 is 11.3 Å². The largest absolute Gasteiger partial charge is 0.345 e. The smallest absolute Gasteiger partial charge is 0.106 e. The van der Waals surface area contributed by atoms with Crippen LogP contribution in [0.1, 0.15) is 16.5 Å². The van der Waals surface area contributed by atoms with Crippen LogP contribution in [0, 0.1) is 6.92 Å². The number of aromatic nitrogens is 3. The molecule has 0 atom stereocenters. The summed E-state index contributed by atoms with van der Waals surface area (Å²) in [6.45, 7) is 3.57. The zero-order chi connectivity index (χ0) is 9.80. The summed E-state index contributed by atoms with van der Waals surface area (Å²) < 4.78 is 0. The maximum atomic E-state index is 4.18. The van der Waals surface area contributed by atoms with E-state index in [9.17, 15) is 0 Å². The van der Waals surface area contributed by atoms with Crippen LogP contribution in [0.2, 0.25) is 0 Å². The van der Waals surface area contributed by atoms with Crippen molar-refractivity contribution in [2.45, 2.75) is 20.0 Å². The standard InChI is InChI=1S/C9H12N4S/c1-7-12-5-8(13-7)4-10-6-9-11-2-3-14-9/h2-3,5,10H,4,6H2,1H3,(H,12,13). The predicted molar refractivity (Wildman–Crippen MR) is 56.0 cm³/mol. The molecule has 14 heavy (non-hydrogen) atoms. The van der Waals surface area contributed by atoms with Gasteiger partial charge in [0.15, 0.2) is 0 Å². The number of thiazole rings is 1. The molecule has 0 aromatic carbocycles. The van der Waals surface area contributed by atoms with Gasteiger partial charge in [-0.15, -0.1) is 11.3 Å². The summed E-state index contributed by atoms with van der Waals surface area (Å²) in [4.78, 5) is 11.5. The average Bonchev–Trinajstić information content (AvgIpc) is 2.77. The molecule has 0 radical (unpaired) electrons. The third kappa shape index (κ3) is 2.40. The first-order chi connectivity index (χ1) is 6.84. The van der Waals surface area contributed by atoms with Crippen LogP contribution in [0.15, 0.2) is 17.8 Å². The molecule has 74 valence electrons. The van der Waals surface area contributed by atoms with Crippen molar-refractivity contribution >= 4 is 11.3 Å². The molecule has 0 aliphatic heterocycles. The highest BCUT2D eigenvalue weighted by Crippen LogP contribution is 2.03. The van der Waals surface area contributed by atoms with Crippen molar-refractivity contribution in [2.75, 3.05) is 0 Å². The summed E-state index contributed by atoms with van der Waals surface area (Å²) in [6, 6.07) is 0. The topological polar surface area (TPSA) is 53.6 Å². The van der Waals surface area contributed by atoms with Crippen LogP contribution in [0.5, 0.6) is 0 Å². The molecule has 4 nitrogen and oxygen atoms in total. The number of H-pyrrole nitrogens is 1. The zero-order valence-electron chi connectivity index (χ0n) is 7.95. The molecule has 2 rings (SSSR count). The van der Waals surface area contributed by atoms with E-state index < -0.39 is 0 Å². The highest BCUT2D eigenvalue weighted by Gasteiger charge is 1.97. The third-order valence-corrected chi connectivity index (χ3v) is 2.61. The Bertz CT molecular complexity index is 379. The van der Waals surface area contributed by atoms with Gasteiger partial charge in [0.25, 0.3) is 0 Å². The maximum absolute atomic E-state index is 4.18. The molecule has 0 amide bonds. The molecule has 0 aliphatic rings. The summed E-state index contributed by atoms with van der Waals surface area (Å²) in [7, 11) is 0. The van der Waals surface area contributed by atoms with Gasteiger partial charge in [0.2, 0.25) is 0 Å². The number of nitrogens with one attached hydrogen (secondary N) is 2. The summed E-state index contributed by atoms with van der Waals surface area (Å²) in [5, 5.41) is 6.39. The van der Waals surface area contributed by atoms with Crippen molar-refractivity contribution < 1.29 is 0 Å². The van der Waals surface area contributed by atoms with Crippen molar-refractivity contribution in [2.24, 2.45) is 0 Å². The second-order valence-corrected chi connectivity index (χ2v) is 4.00. The Balaban J connectivity index is 1.78. The predicted octanol–water partition coefficient (Wildman–Crippen LogP) is 1.46. The van der Waals surface area contributed by atoms with Gasteiger partial charge in [-0.05, 0) is 6.92 Å². The van der Waals surface area contributed by atoms with Gasteiger partial charge in [0.05, 0.1) is 0 Å². The highest BCUT2D eigenvalue weighted by molar-refractivity contribution is 7.09. The molecule has 2 heterocycles. The van der Waals surface area contributed by atoms with Gasteiger partial charge in [0, 0.05) is 36.6 Å². The number of hydrogen-bond donors (Lipinski definition) is 2. The minimum absolute atomic E-state index is 0.806. The van der Waals surface area contributed by atoms with E-state index in [1.54, 1.807) is 11.3 Å². The van der Waals surface area contributed by atoms with Gasteiger partial charge in [-0.3, -0.25) is 0 Å². The minimum atomic E-state index is 0.806. The summed E-state index contributed by atoms with van der Waals surface area (Å²) in [5.41, 5.74) is 1.11. The van der Waals surface area contributed by atoms with Gasteiger partial charge < -0.3 is 10.3 Å². The number of aryl methyl sites for hydroxylation is 1. The Morgan fingerprint density at radius 2 is 2.36 bits per heavy atom. The monoisotopic (exact) mass is 208 g/mol. The van der Waals surface area contributed by atoms with Crippen LogP contribution in [0.4, 0.5) is 0 Å². The van der Waals surface area contributed by atoms with E-state index in [0.717, 1.165) is 29.6 Å². The first-order valence-electron chi connectivity index (χ1n) is 4.44. The Morgan fingerprint density at radius 3 is 3.00 bits per heavy atom. The lowest BCUT2D eigenvalue weighted by atomic mass is 10.4. The molecule has 2 aromatic rings. The fourth-order valence-corrected chi connectivity index (χ4v) is 1.79. The Kier molecular flexibility index (Phi) is 2.90. The number of hydrogen-bond acceptors (Lipinski definition) is 4. The van der Waals surface area contributed by atoms with Gasteiger partial charge >= 0.3 is 0 Å². The van der Waals surface area contributed by atoms with Crippen molar-refractivity contribution in [3.05, 3.63) is 34.3 Å². The molecule has 0 spiro atoms. The van der Waals surface area contributed by atoms with Crippen LogP contribution < -0.4 is 5.32 Å². The van der Waals surface area contributed by atoms with Gasteiger partial charge in [-0.1, -0.05) is 0 Å². The minimum Gasteiger partial charge on any atom is -0.345 e. The molecule has 0 saturated heterocycles. The summed E-state index contributed by atoms with van der Waals surface area (Å²) in [5.74, 6) is 0.955. The maximum Gasteiger partial charge on any atom is 0.106 e. The fourth-order valence-electron chi connectivity index (χ4n) is 1.21. The van der Waals surface area contributed by atoms with Gasteiger partial charge in [-0.25, -0.2) is 9.97 Å². The SMILES string of the molecule is Cc1ncc(CNCc2nccs2)[nH]1. The van der Waals surface area contributed by atoms with E-state index in [2.05, 4.69) is 20.3 Å². The second-order valence-electron chi connectivity index (χ2n) is 3.02. The van der Waals surface area contributed by atoms with Crippen LogP contribution in [-0.2, 0) is 13.1 Å². The molecular formula is C9H12N4S. The van der Waals surface area contributed by atoms with E-state index in [1.807, 2.05) is 24.7 Å². The molecule has 0 aliphatic carbocycles. The van der Waals surface area contributed by atoms with Crippen molar-refractivity contribution in [3.8, 4) is 0 Å². The molecule has 0 fully saturated rings. The van der Waals surface area contributed by atoms with Crippen molar-refractivity contribution in [1.29, 1.82) is 0 Å². The molecular weight excluding hydrogens is 196 g/mol. The van der Waals surface area contributed by atoms with Crippen molar-refractivity contribution in [1.82, 2.24) is 20.3 Å². The Hall–Kier alpha value is -1.20. The summed E-state index contributed by atoms with van der Waals surface area (Å²) >= 11 is 1.66. The van der Waals surface area contributed by atoms with Crippen molar-refractivity contribution in [3.63, 3.8) is 0 Å².